The number of aryl methyl sites for hydroxylation is 1. The van der Waals surface area contributed by atoms with Crippen LogP contribution in [-0.2, 0) is 30.2 Å². The highest BCUT2D eigenvalue weighted by Gasteiger charge is 2.34. The number of carbonyl (C=O) groups excluding carboxylic acids is 1. The Morgan fingerprint density at radius 3 is 2.48 bits per heavy atom. The minimum absolute atomic E-state index is 0.111. The van der Waals surface area contributed by atoms with Crippen molar-refractivity contribution >= 4 is 15.9 Å². The van der Waals surface area contributed by atoms with Gasteiger partial charge in [-0.2, -0.15) is 0 Å². The third-order valence-electron chi connectivity index (χ3n) is 5.86. The Labute approximate surface area is 170 Å². The molecule has 158 valence electrons. The van der Waals surface area contributed by atoms with Crippen molar-refractivity contribution in [2.24, 2.45) is 7.05 Å². The highest BCUT2D eigenvalue weighted by Crippen LogP contribution is 2.30. The molecule has 2 aromatic rings. The second kappa shape index (κ2) is 7.52. The predicted octanol–water partition coefficient (Wildman–Crippen LogP) is 0.585. The molecule has 0 radical (unpaired) electrons. The van der Waals surface area contributed by atoms with E-state index in [-0.39, 0.29) is 11.8 Å². The van der Waals surface area contributed by atoms with Crippen LogP contribution >= 0.6 is 0 Å². The Balaban J connectivity index is 1.44. The second-order valence-corrected chi connectivity index (χ2v) is 10.5. The number of hydrogen-bond donors (Lipinski definition) is 0. The van der Waals surface area contributed by atoms with Crippen molar-refractivity contribution in [3.05, 3.63) is 29.9 Å². The molecule has 2 aliphatic rings. The number of piperidine rings is 1. The van der Waals surface area contributed by atoms with Crippen LogP contribution in [0.2, 0.25) is 0 Å². The fourth-order valence-corrected chi connectivity index (χ4v) is 5.35. The molecule has 0 N–H and O–H groups in total. The van der Waals surface area contributed by atoms with E-state index in [9.17, 15) is 13.2 Å². The van der Waals surface area contributed by atoms with E-state index in [1.54, 1.807) is 47.1 Å². The van der Waals surface area contributed by atoms with Crippen molar-refractivity contribution in [2.45, 2.75) is 50.9 Å². The van der Waals surface area contributed by atoms with Crippen molar-refractivity contribution in [1.82, 2.24) is 33.5 Å². The van der Waals surface area contributed by atoms with Gasteiger partial charge >= 0.3 is 0 Å². The van der Waals surface area contributed by atoms with Gasteiger partial charge in [0.05, 0.1) is 11.8 Å². The molecular formula is C18H27N7O3S. The largest absolute Gasteiger partial charge is 0.330 e. The molecule has 0 atom stereocenters. The first-order chi connectivity index (χ1) is 13.8. The van der Waals surface area contributed by atoms with Gasteiger partial charge in [-0.25, -0.2) is 17.7 Å². The highest BCUT2D eigenvalue weighted by atomic mass is 32.2. The number of imidazole rings is 1. The van der Waals surface area contributed by atoms with Crippen molar-refractivity contribution < 1.29 is 13.2 Å². The number of amides is 1. The Morgan fingerprint density at radius 2 is 1.86 bits per heavy atom. The predicted molar refractivity (Wildman–Crippen MR) is 106 cm³/mol. The van der Waals surface area contributed by atoms with Crippen LogP contribution in [0.25, 0.3) is 0 Å². The second-order valence-electron chi connectivity index (χ2n) is 7.98. The molecule has 1 saturated heterocycles. The number of fused-ring (bicyclic) bond motifs is 1. The van der Waals surface area contributed by atoms with Gasteiger partial charge < -0.3 is 14.0 Å². The highest BCUT2D eigenvalue weighted by molar-refractivity contribution is 7.89. The van der Waals surface area contributed by atoms with Crippen LogP contribution in [0.5, 0.6) is 0 Å². The molecule has 0 saturated carbocycles. The molecule has 0 bridgehead atoms. The lowest BCUT2D eigenvalue weighted by molar-refractivity contribution is 0.0689. The van der Waals surface area contributed by atoms with Gasteiger partial charge in [-0.15, -0.1) is 10.2 Å². The molecule has 4 rings (SSSR count). The molecule has 10 nitrogen and oxygen atoms in total. The molecule has 0 aromatic carbocycles. The Hall–Kier alpha value is -2.27. The summed E-state index contributed by atoms with van der Waals surface area (Å²) in [5.74, 6) is 2.17. The summed E-state index contributed by atoms with van der Waals surface area (Å²) in [6.45, 7) is 6.07. The maximum atomic E-state index is 12.7. The molecule has 0 aliphatic carbocycles. The van der Waals surface area contributed by atoms with E-state index in [2.05, 4.69) is 19.7 Å². The summed E-state index contributed by atoms with van der Waals surface area (Å²) in [5.41, 5.74) is 0. The summed E-state index contributed by atoms with van der Waals surface area (Å²) in [6, 6.07) is 0. The molecule has 2 aromatic heterocycles. The SMILES string of the molecule is CC(C)S(=O)(=O)N1CCC(c2nnc3n2CCN(C(=O)c2nccn2C)C3)CC1. The molecule has 2 aliphatic heterocycles. The first-order valence-electron chi connectivity index (χ1n) is 9.96. The monoisotopic (exact) mass is 421 g/mol. The van der Waals surface area contributed by atoms with E-state index in [1.165, 1.54) is 0 Å². The minimum Gasteiger partial charge on any atom is -0.330 e. The maximum absolute atomic E-state index is 12.7. The Kier molecular flexibility index (Phi) is 5.19. The van der Waals surface area contributed by atoms with E-state index < -0.39 is 15.3 Å². The van der Waals surface area contributed by atoms with Crippen LogP contribution in [0, 0.1) is 0 Å². The summed E-state index contributed by atoms with van der Waals surface area (Å²) in [4.78, 5) is 18.6. The Bertz CT molecular complexity index is 1000. The van der Waals surface area contributed by atoms with Gasteiger partial charge in [0.1, 0.15) is 5.82 Å². The number of carbonyl (C=O) groups is 1. The maximum Gasteiger partial charge on any atom is 0.290 e. The smallest absolute Gasteiger partial charge is 0.290 e. The van der Waals surface area contributed by atoms with Crippen LogP contribution in [0.15, 0.2) is 12.4 Å². The first-order valence-corrected chi connectivity index (χ1v) is 11.5. The molecule has 1 fully saturated rings. The number of sulfonamides is 1. The average molecular weight is 422 g/mol. The minimum atomic E-state index is -3.21. The zero-order chi connectivity index (χ0) is 20.8. The summed E-state index contributed by atoms with van der Waals surface area (Å²) in [6.07, 6.45) is 4.84. The van der Waals surface area contributed by atoms with Crippen LogP contribution in [0.3, 0.4) is 0 Å². The number of rotatable bonds is 4. The first kappa shape index (κ1) is 20.0. The van der Waals surface area contributed by atoms with E-state index in [0.717, 1.165) is 24.5 Å². The Morgan fingerprint density at radius 1 is 1.14 bits per heavy atom. The average Bonchev–Trinajstić information content (AvgIpc) is 3.33. The van der Waals surface area contributed by atoms with Gasteiger partial charge in [-0.3, -0.25) is 4.79 Å². The standard InChI is InChI=1S/C18H27N7O3S/c1-13(2)29(27,28)24-7-4-14(5-8-24)16-21-20-15-12-23(10-11-25(15)16)18(26)17-19-6-9-22(17)3/h6,9,13-14H,4-5,7-8,10-12H2,1-3H3. The van der Waals surface area contributed by atoms with Gasteiger partial charge in [-0.05, 0) is 26.7 Å². The molecule has 4 heterocycles. The van der Waals surface area contributed by atoms with Gasteiger partial charge in [0.15, 0.2) is 11.6 Å². The number of nitrogens with zero attached hydrogens (tertiary/aromatic N) is 7. The summed E-state index contributed by atoms with van der Waals surface area (Å²) in [7, 11) is -1.41. The molecular weight excluding hydrogens is 394 g/mol. The molecule has 29 heavy (non-hydrogen) atoms. The summed E-state index contributed by atoms with van der Waals surface area (Å²) >= 11 is 0. The lowest BCUT2D eigenvalue weighted by atomic mass is 9.97. The van der Waals surface area contributed by atoms with E-state index in [0.29, 0.717) is 38.5 Å². The van der Waals surface area contributed by atoms with Crippen molar-refractivity contribution in [1.29, 1.82) is 0 Å². The summed E-state index contributed by atoms with van der Waals surface area (Å²) < 4.78 is 30.2. The fraction of sp³-hybridized carbons (Fsp3) is 0.667. The normalized spacial score (nSPS) is 19.0. The van der Waals surface area contributed by atoms with Gasteiger partial charge in [0, 0.05) is 51.5 Å². The fourth-order valence-electron chi connectivity index (χ4n) is 4.04. The zero-order valence-electron chi connectivity index (χ0n) is 17.0. The molecule has 0 spiro atoms. The third-order valence-corrected chi connectivity index (χ3v) is 8.13. The van der Waals surface area contributed by atoms with Gasteiger partial charge in [-0.1, -0.05) is 0 Å². The van der Waals surface area contributed by atoms with Crippen molar-refractivity contribution in [3.8, 4) is 0 Å². The third kappa shape index (κ3) is 3.57. The molecule has 11 heteroatoms. The quantitative estimate of drug-likeness (QED) is 0.715. The van der Waals surface area contributed by atoms with E-state index >= 15 is 0 Å². The van der Waals surface area contributed by atoms with Crippen LogP contribution in [0.4, 0.5) is 0 Å². The topological polar surface area (TPSA) is 106 Å². The lowest BCUT2D eigenvalue weighted by Gasteiger charge is -2.33. The van der Waals surface area contributed by atoms with Crippen molar-refractivity contribution in [3.63, 3.8) is 0 Å². The van der Waals surface area contributed by atoms with Gasteiger partial charge in [0.2, 0.25) is 10.0 Å². The van der Waals surface area contributed by atoms with Crippen LogP contribution in [-0.4, -0.2) is 72.7 Å². The lowest BCUT2D eigenvalue weighted by Crippen LogP contribution is -2.42. The molecule has 0 unspecified atom stereocenters. The summed E-state index contributed by atoms with van der Waals surface area (Å²) in [5, 5.41) is 8.33. The zero-order valence-corrected chi connectivity index (χ0v) is 17.8. The van der Waals surface area contributed by atoms with Gasteiger partial charge in [0.25, 0.3) is 5.91 Å². The van der Waals surface area contributed by atoms with Crippen molar-refractivity contribution in [2.75, 3.05) is 19.6 Å². The van der Waals surface area contributed by atoms with Crippen LogP contribution < -0.4 is 0 Å². The van der Waals surface area contributed by atoms with E-state index in [4.69, 9.17) is 0 Å². The van der Waals surface area contributed by atoms with E-state index in [1.807, 2.05) is 0 Å². The number of hydrogen-bond acceptors (Lipinski definition) is 6. The van der Waals surface area contributed by atoms with Crippen LogP contribution in [0.1, 0.15) is 54.9 Å². The molecule has 1 amide bonds. The number of aromatic nitrogens is 5.